The van der Waals surface area contributed by atoms with Gasteiger partial charge >= 0.3 is 0 Å². The van der Waals surface area contributed by atoms with Crippen LogP contribution in [0.25, 0.3) is 0 Å². The van der Waals surface area contributed by atoms with E-state index in [0.29, 0.717) is 0 Å². The van der Waals surface area contributed by atoms with Crippen molar-refractivity contribution in [1.29, 1.82) is 0 Å². The maximum Gasteiger partial charge on any atom is 0.207 e. The first-order valence-corrected chi connectivity index (χ1v) is 5.59. The normalized spacial score (nSPS) is 19.0. The van der Waals surface area contributed by atoms with Crippen molar-refractivity contribution >= 4 is 6.41 Å². The highest BCUT2D eigenvalue weighted by Crippen LogP contribution is 2.01. The van der Waals surface area contributed by atoms with Gasteiger partial charge < -0.3 is 15.3 Å². The molecule has 0 unspecified atom stereocenters. The Hall–Kier alpha value is -0.650. The molecule has 0 spiro atoms. The minimum Gasteiger partial charge on any atom is -0.395 e. The molecule has 0 aromatic heterocycles. The summed E-state index contributed by atoms with van der Waals surface area (Å²) in [7, 11) is 0. The zero-order chi connectivity index (χ0) is 10.9. The largest absolute Gasteiger partial charge is 0.395 e. The van der Waals surface area contributed by atoms with Gasteiger partial charge in [0, 0.05) is 39.3 Å². The van der Waals surface area contributed by atoms with E-state index in [1.807, 2.05) is 0 Å². The fraction of sp³-hybridized carbons (Fsp3) is 0.900. The molecule has 0 bridgehead atoms. The minimum absolute atomic E-state index is 0.253. The number of aliphatic hydroxyl groups excluding tert-OH is 1. The fourth-order valence-corrected chi connectivity index (χ4v) is 1.84. The second-order valence-electron chi connectivity index (χ2n) is 3.83. The molecule has 1 aliphatic heterocycles. The monoisotopic (exact) mass is 215 g/mol. The van der Waals surface area contributed by atoms with E-state index >= 15 is 0 Å². The quantitative estimate of drug-likeness (QED) is 0.411. The summed E-state index contributed by atoms with van der Waals surface area (Å²) in [4.78, 5) is 14.7. The lowest BCUT2D eigenvalue weighted by Crippen LogP contribution is -2.47. The maximum absolute atomic E-state index is 10.0. The first-order valence-electron chi connectivity index (χ1n) is 5.59. The zero-order valence-electron chi connectivity index (χ0n) is 9.19. The fourth-order valence-electron chi connectivity index (χ4n) is 1.84. The van der Waals surface area contributed by atoms with E-state index < -0.39 is 0 Å². The molecule has 2 N–H and O–H groups in total. The smallest absolute Gasteiger partial charge is 0.207 e. The van der Waals surface area contributed by atoms with Crippen LogP contribution in [-0.4, -0.2) is 73.7 Å². The standard InChI is InChI=1S/C10H21N3O2/c14-9-8-13-6-4-12(5-7-13)3-1-2-11-10-15/h10,14H,1-9H2,(H,11,15). The highest BCUT2D eigenvalue weighted by Gasteiger charge is 2.15. The summed E-state index contributed by atoms with van der Waals surface area (Å²) in [5, 5.41) is 11.5. The molecule has 15 heavy (non-hydrogen) atoms. The number of nitrogens with one attached hydrogen (secondary N) is 1. The summed E-state index contributed by atoms with van der Waals surface area (Å²) in [6.07, 6.45) is 1.76. The number of nitrogens with zero attached hydrogens (tertiary/aromatic N) is 2. The second kappa shape index (κ2) is 7.62. The average Bonchev–Trinajstić information content (AvgIpc) is 2.27. The Morgan fingerprint density at radius 1 is 1.13 bits per heavy atom. The van der Waals surface area contributed by atoms with E-state index in [1.165, 1.54) is 0 Å². The van der Waals surface area contributed by atoms with Gasteiger partial charge in [0.15, 0.2) is 0 Å². The molecule has 1 rings (SSSR count). The van der Waals surface area contributed by atoms with Gasteiger partial charge in [-0.2, -0.15) is 0 Å². The van der Waals surface area contributed by atoms with Gasteiger partial charge in [0.25, 0.3) is 0 Å². The van der Waals surface area contributed by atoms with Gasteiger partial charge in [-0.05, 0) is 13.0 Å². The highest BCUT2D eigenvalue weighted by atomic mass is 16.3. The maximum atomic E-state index is 10.0. The summed E-state index contributed by atoms with van der Waals surface area (Å²) < 4.78 is 0. The van der Waals surface area contributed by atoms with Crippen LogP contribution in [0.4, 0.5) is 0 Å². The molecule has 5 nitrogen and oxygen atoms in total. The lowest BCUT2D eigenvalue weighted by atomic mass is 10.3. The Morgan fingerprint density at radius 3 is 2.27 bits per heavy atom. The summed E-state index contributed by atoms with van der Waals surface area (Å²) in [6, 6.07) is 0. The predicted molar refractivity (Wildman–Crippen MR) is 58.6 cm³/mol. The van der Waals surface area contributed by atoms with Crippen molar-refractivity contribution in [3.05, 3.63) is 0 Å². The summed E-state index contributed by atoms with van der Waals surface area (Å²) in [5.74, 6) is 0. The second-order valence-corrected chi connectivity index (χ2v) is 3.83. The van der Waals surface area contributed by atoms with Crippen LogP contribution in [-0.2, 0) is 4.79 Å². The van der Waals surface area contributed by atoms with Gasteiger partial charge in [0.05, 0.1) is 6.61 Å². The Labute approximate surface area is 91.0 Å². The molecular weight excluding hydrogens is 194 g/mol. The molecule has 0 radical (unpaired) electrons. The van der Waals surface area contributed by atoms with E-state index in [4.69, 9.17) is 5.11 Å². The van der Waals surface area contributed by atoms with Crippen molar-refractivity contribution < 1.29 is 9.90 Å². The molecule has 1 heterocycles. The van der Waals surface area contributed by atoms with Gasteiger partial charge in [0.1, 0.15) is 0 Å². The number of aliphatic hydroxyl groups is 1. The van der Waals surface area contributed by atoms with Crippen molar-refractivity contribution in [1.82, 2.24) is 15.1 Å². The van der Waals surface area contributed by atoms with Gasteiger partial charge in [0.2, 0.25) is 6.41 Å². The van der Waals surface area contributed by atoms with Crippen LogP contribution < -0.4 is 5.32 Å². The topological polar surface area (TPSA) is 55.8 Å². The van der Waals surface area contributed by atoms with E-state index in [2.05, 4.69) is 15.1 Å². The molecule has 1 fully saturated rings. The molecule has 88 valence electrons. The number of rotatable bonds is 7. The first-order chi connectivity index (χ1) is 7.36. The zero-order valence-corrected chi connectivity index (χ0v) is 9.19. The molecular formula is C10H21N3O2. The number of carbonyl (C=O) groups excluding carboxylic acids is 1. The number of β-amino-alcohol motifs (C(OH)–C–C–N with tert-alkyl or cyclic N) is 1. The molecule has 0 aliphatic carbocycles. The van der Waals surface area contributed by atoms with Crippen LogP contribution in [0.5, 0.6) is 0 Å². The lowest BCUT2D eigenvalue weighted by molar-refractivity contribution is -0.109. The van der Waals surface area contributed by atoms with E-state index in [0.717, 1.165) is 58.6 Å². The molecule has 1 aliphatic rings. The summed E-state index contributed by atoms with van der Waals surface area (Å²) in [5.41, 5.74) is 0. The van der Waals surface area contributed by atoms with Crippen LogP contribution in [0, 0.1) is 0 Å². The SMILES string of the molecule is O=CNCCCN1CCN(CCO)CC1. The van der Waals surface area contributed by atoms with Crippen molar-refractivity contribution in [3.63, 3.8) is 0 Å². The number of amides is 1. The summed E-state index contributed by atoms with van der Waals surface area (Å²) in [6.45, 7) is 7.09. The minimum atomic E-state index is 0.253. The Balaban J connectivity index is 2.01. The third-order valence-electron chi connectivity index (χ3n) is 2.76. The van der Waals surface area contributed by atoms with Gasteiger partial charge in [-0.1, -0.05) is 0 Å². The van der Waals surface area contributed by atoms with Crippen LogP contribution in [0.2, 0.25) is 0 Å². The molecule has 0 atom stereocenters. The lowest BCUT2D eigenvalue weighted by Gasteiger charge is -2.34. The van der Waals surface area contributed by atoms with Gasteiger partial charge in [-0.15, -0.1) is 0 Å². The van der Waals surface area contributed by atoms with Crippen molar-refractivity contribution in [2.75, 3.05) is 52.4 Å². The van der Waals surface area contributed by atoms with Crippen molar-refractivity contribution in [2.45, 2.75) is 6.42 Å². The van der Waals surface area contributed by atoms with E-state index in [9.17, 15) is 4.79 Å². The number of hydrogen-bond acceptors (Lipinski definition) is 4. The Bertz CT molecular complexity index is 170. The number of hydrogen-bond donors (Lipinski definition) is 2. The van der Waals surface area contributed by atoms with E-state index in [-0.39, 0.29) is 6.61 Å². The molecule has 0 aromatic carbocycles. The van der Waals surface area contributed by atoms with Gasteiger partial charge in [-0.25, -0.2) is 0 Å². The highest BCUT2D eigenvalue weighted by molar-refractivity contribution is 5.45. The third kappa shape index (κ3) is 5.11. The van der Waals surface area contributed by atoms with Crippen LogP contribution in [0.3, 0.4) is 0 Å². The average molecular weight is 215 g/mol. The van der Waals surface area contributed by atoms with Crippen LogP contribution in [0.1, 0.15) is 6.42 Å². The molecule has 1 amide bonds. The number of carbonyl (C=O) groups is 1. The van der Waals surface area contributed by atoms with Crippen LogP contribution >= 0.6 is 0 Å². The summed E-state index contributed by atoms with van der Waals surface area (Å²) >= 11 is 0. The van der Waals surface area contributed by atoms with Crippen molar-refractivity contribution in [3.8, 4) is 0 Å². The Morgan fingerprint density at radius 2 is 1.73 bits per heavy atom. The molecule has 5 heteroatoms. The molecule has 1 saturated heterocycles. The van der Waals surface area contributed by atoms with Crippen molar-refractivity contribution in [2.24, 2.45) is 0 Å². The molecule has 0 aromatic rings. The first kappa shape index (κ1) is 12.4. The predicted octanol–water partition coefficient (Wildman–Crippen LogP) is -1.27. The third-order valence-corrected chi connectivity index (χ3v) is 2.76. The Kier molecular flexibility index (Phi) is 6.31. The number of piperazine rings is 1. The van der Waals surface area contributed by atoms with Gasteiger partial charge in [-0.3, -0.25) is 9.69 Å². The van der Waals surface area contributed by atoms with E-state index in [1.54, 1.807) is 0 Å². The molecule has 0 saturated carbocycles. The van der Waals surface area contributed by atoms with Crippen LogP contribution in [0.15, 0.2) is 0 Å².